The van der Waals surface area contributed by atoms with Gasteiger partial charge in [0.2, 0.25) is 0 Å². The number of aliphatic hydroxyl groups excluding tert-OH is 1. The molecule has 0 aliphatic carbocycles. The number of hydrogen-bond donors (Lipinski definition) is 1. The van der Waals surface area contributed by atoms with Crippen molar-refractivity contribution >= 4 is 5.69 Å². The Labute approximate surface area is 122 Å². The first-order chi connectivity index (χ1) is 9.95. The van der Waals surface area contributed by atoms with Crippen molar-refractivity contribution in [1.82, 2.24) is 14.8 Å². The summed E-state index contributed by atoms with van der Waals surface area (Å²) in [6.45, 7) is 6.21. The summed E-state index contributed by atoms with van der Waals surface area (Å²) in [5, 5.41) is 28.5. The number of hydrogen-bond acceptors (Lipinski definition) is 5. The smallest absolute Gasteiger partial charge is 0.273 e. The van der Waals surface area contributed by atoms with E-state index >= 15 is 0 Å². The minimum absolute atomic E-state index is 0.0529. The maximum Gasteiger partial charge on any atom is 0.273 e. The summed E-state index contributed by atoms with van der Waals surface area (Å²) < 4.78 is 1.82. The van der Waals surface area contributed by atoms with Gasteiger partial charge in [-0.05, 0) is 12.8 Å². The van der Waals surface area contributed by atoms with E-state index in [9.17, 15) is 15.2 Å². The monoisotopic (exact) mass is 290 g/mol. The first-order valence-electron chi connectivity index (χ1n) is 6.73. The van der Waals surface area contributed by atoms with Crippen LogP contribution in [0.1, 0.15) is 25.2 Å². The van der Waals surface area contributed by atoms with E-state index in [2.05, 4.69) is 10.2 Å². The Morgan fingerprint density at radius 1 is 1.38 bits per heavy atom. The molecule has 0 fully saturated rings. The highest BCUT2D eigenvalue weighted by molar-refractivity contribution is 5.66. The third kappa shape index (κ3) is 2.92. The van der Waals surface area contributed by atoms with Crippen molar-refractivity contribution < 1.29 is 10.0 Å². The van der Waals surface area contributed by atoms with E-state index in [1.165, 1.54) is 6.07 Å². The molecule has 1 heterocycles. The lowest BCUT2D eigenvalue weighted by atomic mass is 10.1. The molecule has 0 amide bonds. The molecule has 1 aromatic carbocycles. The standard InChI is InChI=1S/C14H18N4O3/c1-9(2)7-17-13(8-19)15-16-14(17)11-5-4-6-12(10(11)3)18(20)21/h4-6,9,19H,7-8H2,1-3H3. The van der Waals surface area contributed by atoms with Gasteiger partial charge in [-0.2, -0.15) is 0 Å². The number of rotatable bonds is 5. The molecule has 0 radical (unpaired) electrons. The number of benzene rings is 1. The number of aliphatic hydroxyl groups is 1. The van der Waals surface area contributed by atoms with Gasteiger partial charge < -0.3 is 9.67 Å². The van der Waals surface area contributed by atoms with Gasteiger partial charge >= 0.3 is 0 Å². The van der Waals surface area contributed by atoms with Gasteiger partial charge in [-0.3, -0.25) is 10.1 Å². The van der Waals surface area contributed by atoms with Gasteiger partial charge in [0.05, 0.1) is 4.92 Å². The molecule has 112 valence electrons. The molecule has 0 saturated carbocycles. The first-order valence-corrected chi connectivity index (χ1v) is 6.73. The predicted octanol–water partition coefficient (Wildman–Crippen LogP) is 2.31. The fourth-order valence-corrected chi connectivity index (χ4v) is 2.27. The first kappa shape index (κ1) is 15.1. The fraction of sp³-hybridized carbons (Fsp3) is 0.429. The summed E-state index contributed by atoms with van der Waals surface area (Å²) in [5.41, 5.74) is 1.26. The fourth-order valence-electron chi connectivity index (χ4n) is 2.27. The highest BCUT2D eigenvalue weighted by Gasteiger charge is 2.20. The molecule has 0 saturated heterocycles. The van der Waals surface area contributed by atoms with Gasteiger partial charge in [0.25, 0.3) is 5.69 Å². The number of aromatic nitrogens is 3. The molecule has 0 bridgehead atoms. The molecule has 2 aromatic rings. The average Bonchev–Trinajstić information content (AvgIpc) is 2.80. The third-order valence-electron chi connectivity index (χ3n) is 3.26. The van der Waals surface area contributed by atoms with Crippen molar-refractivity contribution in [3.05, 3.63) is 39.7 Å². The van der Waals surface area contributed by atoms with Crippen LogP contribution in [0.2, 0.25) is 0 Å². The Kier molecular flexibility index (Phi) is 4.32. The Balaban J connectivity index is 2.59. The van der Waals surface area contributed by atoms with Gasteiger partial charge in [-0.15, -0.1) is 10.2 Å². The van der Waals surface area contributed by atoms with Crippen LogP contribution < -0.4 is 0 Å². The van der Waals surface area contributed by atoms with Crippen molar-refractivity contribution in [2.24, 2.45) is 5.92 Å². The second-order valence-corrected chi connectivity index (χ2v) is 5.31. The van der Waals surface area contributed by atoms with Crippen LogP contribution in [0.4, 0.5) is 5.69 Å². The second-order valence-electron chi connectivity index (χ2n) is 5.31. The van der Waals surface area contributed by atoms with Crippen LogP contribution in [0.3, 0.4) is 0 Å². The summed E-state index contributed by atoms with van der Waals surface area (Å²) in [5.74, 6) is 1.35. The Bertz CT molecular complexity index is 664. The Morgan fingerprint density at radius 2 is 2.10 bits per heavy atom. The van der Waals surface area contributed by atoms with Crippen molar-refractivity contribution in [2.45, 2.75) is 33.9 Å². The average molecular weight is 290 g/mol. The van der Waals surface area contributed by atoms with Crippen LogP contribution in [-0.4, -0.2) is 24.8 Å². The predicted molar refractivity (Wildman–Crippen MR) is 77.6 cm³/mol. The lowest BCUT2D eigenvalue weighted by molar-refractivity contribution is -0.385. The molecule has 2 rings (SSSR count). The minimum atomic E-state index is -0.408. The SMILES string of the molecule is Cc1c(-c2nnc(CO)n2CC(C)C)cccc1[N+](=O)[O-]. The minimum Gasteiger partial charge on any atom is -0.388 e. The third-order valence-corrected chi connectivity index (χ3v) is 3.26. The number of nitro groups is 1. The van der Waals surface area contributed by atoms with Crippen molar-refractivity contribution in [1.29, 1.82) is 0 Å². The molecule has 0 unspecified atom stereocenters. The van der Waals surface area contributed by atoms with Gasteiger partial charge in [0, 0.05) is 23.7 Å². The zero-order valence-corrected chi connectivity index (χ0v) is 12.3. The molecule has 0 atom stereocenters. The molecule has 0 spiro atoms. The molecule has 21 heavy (non-hydrogen) atoms. The molecule has 7 heteroatoms. The van der Waals surface area contributed by atoms with Crippen molar-refractivity contribution in [2.75, 3.05) is 0 Å². The van der Waals surface area contributed by atoms with E-state index in [1.54, 1.807) is 19.1 Å². The summed E-state index contributed by atoms with van der Waals surface area (Å²) in [6.07, 6.45) is 0. The van der Waals surface area contributed by atoms with E-state index < -0.39 is 4.92 Å². The molecule has 0 aliphatic rings. The van der Waals surface area contributed by atoms with Gasteiger partial charge in [-0.25, -0.2) is 0 Å². The summed E-state index contributed by atoms with van der Waals surface area (Å²) in [7, 11) is 0. The quantitative estimate of drug-likeness (QED) is 0.673. The maximum absolute atomic E-state index is 11.1. The van der Waals surface area contributed by atoms with Crippen LogP contribution in [0.25, 0.3) is 11.4 Å². The lowest BCUT2D eigenvalue weighted by Crippen LogP contribution is -2.10. The van der Waals surface area contributed by atoms with Gasteiger partial charge in [0.15, 0.2) is 11.6 Å². The van der Waals surface area contributed by atoms with Crippen LogP contribution in [0, 0.1) is 23.0 Å². The lowest BCUT2D eigenvalue weighted by Gasteiger charge is -2.13. The summed E-state index contributed by atoms with van der Waals surface area (Å²) in [6, 6.07) is 4.88. The zero-order chi connectivity index (χ0) is 15.6. The normalized spacial score (nSPS) is 11.1. The van der Waals surface area contributed by atoms with Gasteiger partial charge in [0.1, 0.15) is 6.61 Å². The van der Waals surface area contributed by atoms with Gasteiger partial charge in [-0.1, -0.05) is 26.0 Å². The van der Waals surface area contributed by atoms with Crippen LogP contribution in [0.15, 0.2) is 18.2 Å². The van der Waals surface area contributed by atoms with Crippen LogP contribution in [0.5, 0.6) is 0 Å². The van der Waals surface area contributed by atoms with E-state index in [-0.39, 0.29) is 12.3 Å². The maximum atomic E-state index is 11.1. The second kappa shape index (κ2) is 6.01. The molecule has 7 nitrogen and oxygen atoms in total. The zero-order valence-electron chi connectivity index (χ0n) is 12.3. The number of nitro benzene ring substituents is 1. The highest BCUT2D eigenvalue weighted by atomic mass is 16.6. The van der Waals surface area contributed by atoms with Crippen molar-refractivity contribution in [3.63, 3.8) is 0 Å². The molecule has 0 aliphatic heterocycles. The molecular weight excluding hydrogens is 272 g/mol. The number of nitrogens with zero attached hydrogens (tertiary/aromatic N) is 4. The van der Waals surface area contributed by atoms with E-state index in [4.69, 9.17) is 0 Å². The molecule has 1 N–H and O–H groups in total. The van der Waals surface area contributed by atoms with Crippen LogP contribution in [-0.2, 0) is 13.2 Å². The topological polar surface area (TPSA) is 94.1 Å². The van der Waals surface area contributed by atoms with E-state index in [0.29, 0.717) is 35.2 Å². The summed E-state index contributed by atoms with van der Waals surface area (Å²) >= 11 is 0. The van der Waals surface area contributed by atoms with E-state index in [0.717, 1.165) is 0 Å². The highest BCUT2D eigenvalue weighted by Crippen LogP contribution is 2.29. The molecular formula is C14H18N4O3. The van der Waals surface area contributed by atoms with Crippen molar-refractivity contribution in [3.8, 4) is 11.4 Å². The Hall–Kier alpha value is -2.28. The van der Waals surface area contributed by atoms with E-state index in [1.807, 2.05) is 18.4 Å². The molecule has 1 aromatic heterocycles. The van der Waals surface area contributed by atoms with Crippen LogP contribution >= 0.6 is 0 Å². The summed E-state index contributed by atoms with van der Waals surface area (Å²) in [4.78, 5) is 10.6. The largest absolute Gasteiger partial charge is 0.388 e. The Morgan fingerprint density at radius 3 is 2.67 bits per heavy atom.